The van der Waals surface area contributed by atoms with Crippen LogP contribution in [0.15, 0.2) is 91.5 Å². The molecule has 4 heteroatoms. The number of ether oxygens (including phenoxy) is 2. The first-order valence-electron chi connectivity index (χ1n) is 12.1. The number of hydrogen-bond acceptors (Lipinski definition) is 3. The molecule has 0 aliphatic heterocycles. The van der Waals surface area contributed by atoms with E-state index in [1.165, 1.54) is 28.0 Å². The van der Waals surface area contributed by atoms with Crippen molar-refractivity contribution in [3.63, 3.8) is 0 Å². The molecule has 3 rings (SSSR count). The lowest BCUT2D eigenvalue weighted by molar-refractivity contribution is -0.137. The molecule has 3 aromatic rings. The zero-order valence-corrected chi connectivity index (χ0v) is 21.5. The average Bonchev–Trinajstić information content (AvgIpc) is 2.87. The Bertz CT molecular complexity index is 1020. The summed E-state index contributed by atoms with van der Waals surface area (Å²) in [5, 5.41) is 1.48. The molecule has 3 nitrogen and oxygen atoms in total. The molecule has 0 fully saturated rings. The van der Waals surface area contributed by atoms with E-state index in [0.29, 0.717) is 13.2 Å². The fourth-order valence-electron chi connectivity index (χ4n) is 4.04. The minimum absolute atomic E-state index is 0.348. The number of rotatable bonds is 13. The van der Waals surface area contributed by atoms with Gasteiger partial charge >= 0.3 is 5.97 Å². The quantitative estimate of drug-likeness (QED) is 0.120. The summed E-state index contributed by atoms with van der Waals surface area (Å²) in [5.74, 6) is 0.578. The molecule has 0 aliphatic carbocycles. The minimum atomic E-state index is -1.60. The van der Waals surface area contributed by atoms with E-state index in [1.807, 2.05) is 0 Å². The first-order chi connectivity index (χ1) is 16.5. The molecule has 0 bridgehead atoms. The van der Waals surface area contributed by atoms with Crippen LogP contribution >= 0.6 is 0 Å². The molecule has 0 radical (unpaired) electrons. The lowest BCUT2D eigenvalue weighted by Crippen LogP contribution is -2.43. The molecule has 0 unspecified atom stereocenters. The summed E-state index contributed by atoms with van der Waals surface area (Å²) >= 11 is 0. The Balaban J connectivity index is 1.42. The van der Waals surface area contributed by atoms with E-state index >= 15 is 0 Å². The fourth-order valence-corrected chi connectivity index (χ4v) is 6.57. The Morgan fingerprint density at radius 3 is 2.06 bits per heavy atom. The molecule has 3 aromatic carbocycles. The van der Waals surface area contributed by atoms with Crippen LogP contribution in [0.5, 0.6) is 5.75 Å². The molecule has 0 N–H and O–H groups in total. The van der Waals surface area contributed by atoms with Crippen LogP contribution < -0.4 is 9.92 Å². The van der Waals surface area contributed by atoms with Crippen LogP contribution in [0.3, 0.4) is 0 Å². The Morgan fingerprint density at radius 2 is 1.41 bits per heavy atom. The van der Waals surface area contributed by atoms with Gasteiger partial charge in [-0.2, -0.15) is 0 Å². The Kier molecular flexibility index (Phi) is 9.71. The van der Waals surface area contributed by atoms with Gasteiger partial charge in [0.2, 0.25) is 0 Å². The fraction of sp³-hybridized carbons (Fsp3) is 0.300. The van der Waals surface area contributed by atoms with Crippen LogP contribution in [0.4, 0.5) is 0 Å². The number of carbonyl (C=O) groups is 1. The van der Waals surface area contributed by atoms with Crippen LogP contribution in [-0.4, -0.2) is 27.3 Å². The maximum atomic E-state index is 11.0. The van der Waals surface area contributed by atoms with Crippen molar-refractivity contribution < 1.29 is 14.3 Å². The van der Waals surface area contributed by atoms with E-state index in [4.69, 9.17) is 9.47 Å². The van der Waals surface area contributed by atoms with E-state index in [2.05, 4.69) is 98.5 Å². The molecule has 178 valence electrons. The summed E-state index contributed by atoms with van der Waals surface area (Å²) in [4.78, 5) is 11.0. The van der Waals surface area contributed by atoms with Crippen molar-refractivity contribution in [1.29, 1.82) is 0 Å². The Morgan fingerprint density at radius 1 is 0.794 bits per heavy atom. The van der Waals surface area contributed by atoms with Gasteiger partial charge in [0.1, 0.15) is 5.75 Å². The molecule has 0 atom stereocenters. The predicted octanol–water partition coefficient (Wildman–Crippen LogP) is 6.72. The molecular weight excluding hydrogens is 436 g/mol. The molecule has 0 amide bonds. The van der Waals surface area contributed by atoms with Gasteiger partial charge in [-0.1, -0.05) is 97.2 Å². The van der Waals surface area contributed by atoms with Crippen molar-refractivity contribution in [1.82, 2.24) is 0 Å². The topological polar surface area (TPSA) is 35.5 Å². The van der Waals surface area contributed by atoms with Crippen molar-refractivity contribution in [2.45, 2.75) is 44.8 Å². The summed E-state index contributed by atoms with van der Waals surface area (Å²) in [6.07, 6.45) is 5.16. The van der Waals surface area contributed by atoms with E-state index < -0.39 is 8.07 Å². The molecule has 0 aliphatic rings. The molecule has 34 heavy (non-hydrogen) atoms. The van der Waals surface area contributed by atoms with Gasteiger partial charge < -0.3 is 9.47 Å². The first-order valence-corrected chi connectivity index (χ1v) is 15.4. The Labute approximate surface area is 205 Å². The second kappa shape index (κ2) is 12.9. The van der Waals surface area contributed by atoms with Crippen molar-refractivity contribution >= 4 is 19.2 Å². The third-order valence-corrected chi connectivity index (χ3v) is 9.25. The molecule has 0 saturated heterocycles. The third kappa shape index (κ3) is 8.03. The highest BCUT2D eigenvalue weighted by Gasteiger charge is 2.23. The third-order valence-electron chi connectivity index (χ3n) is 6.06. The average molecular weight is 473 g/mol. The van der Waals surface area contributed by atoms with Crippen LogP contribution in [0.1, 0.15) is 31.2 Å². The van der Waals surface area contributed by atoms with Gasteiger partial charge in [-0.15, -0.1) is 0 Å². The van der Waals surface area contributed by atoms with Gasteiger partial charge in [0, 0.05) is 6.08 Å². The highest BCUT2D eigenvalue weighted by molar-refractivity contribution is 6.89. The number of hydrogen-bond donors (Lipinski definition) is 0. The minimum Gasteiger partial charge on any atom is -0.494 e. The number of esters is 1. The van der Waals surface area contributed by atoms with Gasteiger partial charge in [0.25, 0.3) is 0 Å². The monoisotopic (exact) mass is 472 g/mol. The van der Waals surface area contributed by atoms with Crippen LogP contribution in [0, 0.1) is 0 Å². The zero-order chi connectivity index (χ0) is 24.2. The second-order valence-electron chi connectivity index (χ2n) is 9.28. The highest BCUT2D eigenvalue weighted by Crippen LogP contribution is 2.21. The van der Waals surface area contributed by atoms with Crippen molar-refractivity contribution in [3.8, 4) is 16.9 Å². The summed E-state index contributed by atoms with van der Waals surface area (Å²) < 4.78 is 10.9. The smallest absolute Gasteiger partial charge is 0.330 e. The first kappa shape index (κ1) is 25.5. The van der Waals surface area contributed by atoms with Gasteiger partial charge in [-0.05, 0) is 55.0 Å². The molecular formula is C30H36O3Si. The van der Waals surface area contributed by atoms with Crippen molar-refractivity contribution in [3.05, 3.63) is 97.1 Å². The summed E-state index contributed by atoms with van der Waals surface area (Å²) in [6.45, 7) is 9.43. The SMILES string of the molecule is C=CC(=O)OCCCCCCOc1ccc(C[Si](C)(C)c2ccc(-c3ccccc3)cc2)cc1. The van der Waals surface area contributed by atoms with Crippen LogP contribution in [-0.2, 0) is 15.6 Å². The predicted molar refractivity (Wildman–Crippen MR) is 144 cm³/mol. The van der Waals surface area contributed by atoms with Gasteiger partial charge in [0.15, 0.2) is 0 Å². The largest absolute Gasteiger partial charge is 0.494 e. The summed E-state index contributed by atoms with van der Waals surface area (Å²) in [7, 11) is -1.60. The van der Waals surface area contributed by atoms with E-state index in [0.717, 1.165) is 37.5 Å². The highest BCUT2D eigenvalue weighted by atomic mass is 28.3. The van der Waals surface area contributed by atoms with Gasteiger partial charge in [-0.25, -0.2) is 4.79 Å². The van der Waals surface area contributed by atoms with E-state index in [1.54, 1.807) is 0 Å². The maximum Gasteiger partial charge on any atom is 0.330 e. The van der Waals surface area contributed by atoms with E-state index in [9.17, 15) is 4.79 Å². The Hall–Kier alpha value is -3.11. The molecule has 0 aromatic heterocycles. The van der Waals surface area contributed by atoms with Crippen LogP contribution in [0.2, 0.25) is 13.1 Å². The second-order valence-corrected chi connectivity index (χ2v) is 14.0. The van der Waals surface area contributed by atoms with E-state index in [-0.39, 0.29) is 5.97 Å². The normalized spacial score (nSPS) is 11.1. The van der Waals surface area contributed by atoms with Gasteiger partial charge in [-0.3, -0.25) is 0 Å². The molecule has 0 heterocycles. The van der Waals surface area contributed by atoms with Crippen molar-refractivity contribution in [2.75, 3.05) is 13.2 Å². The standard InChI is InChI=1S/C30H36O3Si/c1-4-30(31)33-23-11-6-5-10-22-32-28-18-14-25(15-19-28)24-34(2,3)29-20-16-27(17-21-29)26-12-8-7-9-13-26/h4,7-9,12-21H,1,5-6,10-11,22-24H2,2-3H3. The maximum absolute atomic E-state index is 11.0. The lowest BCUT2D eigenvalue weighted by atomic mass is 10.1. The summed E-state index contributed by atoms with van der Waals surface area (Å²) in [5.41, 5.74) is 3.90. The zero-order valence-electron chi connectivity index (χ0n) is 20.5. The number of benzene rings is 3. The van der Waals surface area contributed by atoms with Gasteiger partial charge in [0.05, 0.1) is 21.3 Å². The molecule has 0 saturated carbocycles. The summed E-state index contributed by atoms with van der Waals surface area (Å²) in [6, 6.07) is 29.4. The lowest BCUT2D eigenvalue weighted by Gasteiger charge is -2.23. The number of carbonyl (C=O) groups excluding carboxylic acids is 1. The van der Waals surface area contributed by atoms with Crippen LogP contribution in [0.25, 0.3) is 11.1 Å². The number of unbranched alkanes of at least 4 members (excludes halogenated alkanes) is 3. The van der Waals surface area contributed by atoms with Crippen molar-refractivity contribution in [2.24, 2.45) is 0 Å². The molecule has 0 spiro atoms.